The Morgan fingerprint density at radius 2 is 2.20 bits per heavy atom. The summed E-state index contributed by atoms with van der Waals surface area (Å²) in [7, 11) is 3.55. The van der Waals surface area contributed by atoms with Crippen LogP contribution in [0, 0.1) is 10.1 Å². The van der Waals surface area contributed by atoms with Crippen LogP contribution < -0.4 is 0 Å². The molecule has 15 heavy (non-hydrogen) atoms. The topological polar surface area (TPSA) is 66.6 Å². The number of phenolic OH excluding ortho intramolecular Hbond substituents is 1. The lowest BCUT2D eigenvalue weighted by Crippen LogP contribution is -2.26. The molecule has 5 nitrogen and oxygen atoms in total. The Balaban J connectivity index is 2.93. The second-order valence-corrected chi connectivity index (χ2v) is 3.59. The van der Waals surface area contributed by atoms with Gasteiger partial charge in [0.15, 0.2) is 0 Å². The van der Waals surface area contributed by atoms with Crippen molar-refractivity contribution in [1.82, 2.24) is 4.90 Å². The zero-order valence-electron chi connectivity index (χ0n) is 8.75. The van der Waals surface area contributed by atoms with Gasteiger partial charge in [0.1, 0.15) is 5.75 Å². The first-order valence-corrected chi connectivity index (χ1v) is 4.58. The Kier molecular flexibility index (Phi) is 3.62. The minimum Gasteiger partial charge on any atom is -0.508 e. The van der Waals surface area contributed by atoms with E-state index >= 15 is 0 Å². The summed E-state index contributed by atoms with van der Waals surface area (Å²) in [5.41, 5.74) is 0.747. The van der Waals surface area contributed by atoms with Gasteiger partial charge in [0.2, 0.25) is 6.54 Å². The van der Waals surface area contributed by atoms with E-state index in [2.05, 4.69) is 0 Å². The molecule has 0 heterocycles. The summed E-state index contributed by atoms with van der Waals surface area (Å²) in [4.78, 5) is 11.9. The molecule has 0 fully saturated rings. The van der Waals surface area contributed by atoms with Crippen LogP contribution in [0.1, 0.15) is 11.6 Å². The van der Waals surface area contributed by atoms with Crippen LogP contribution in [0.15, 0.2) is 24.3 Å². The molecule has 1 aromatic carbocycles. The van der Waals surface area contributed by atoms with Crippen LogP contribution in [0.5, 0.6) is 5.75 Å². The van der Waals surface area contributed by atoms with Crippen LogP contribution in [0.3, 0.4) is 0 Å². The average molecular weight is 210 g/mol. The Hall–Kier alpha value is -1.62. The predicted octanol–water partition coefficient (Wildman–Crippen LogP) is 1.27. The first kappa shape index (κ1) is 11.5. The van der Waals surface area contributed by atoms with E-state index in [0.29, 0.717) is 0 Å². The van der Waals surface area contributed by atoms with Gasteiger partial charge in [-0.3, -0.25) is 15.0 Å². The largest absolute Gasteiger partial charge is 0.508 e. The molecule has 0 spiro atoms. The molecule has 0 aromatic heterocycles. The summed E-state index contributed by atoms with van der Waals surface area (Å²) >= 11 is 0. The number of aromatic hydroxyl groups is 1. The second-order valence-electron chi connectivity index (χ2n) is 3.59. The lowest BCUT2D eigenvalue weighted by Gasteiger charge is -2.20. The molecule has 1 atom stereocenters. The molecule has 0 amide bonds. The van der Waals surface area contributed by atoms with E-state index in [9.17, 15) is 15.2 Å². The van der Waals surface area contributed by atoms with Crippen molar-refractivity contribution >= 4 is 0 Å². The predicted molar refractivity (Wildman–Crippen MR) is 56.4 cm³/mol. The standard InChI is InChI=1S/C10H14N2O3/c1-11(2)10(7-12(14)15)8-4-3-5-9(13)6-8/h3-6,10,13H,7H2,1-2H3. The molecule has 0 radical (unpaired) electrons. The van der Waals surface area contributed by atoms with Crippen molar-refractivity contribution < 1.29 is 10.0 Å². The number of hydrogen-bond acceptors (Lipinski definition) is 4. The van der Waals surface area contributed by atoms with Crippen LogP contribution in [-0.4, -0.2) is 35.6 Å². The number of nitro groups is 1. The summed E-state index contributed by atoms with van der Waals surface area (Å²) in [6, 6.07) is 6.23. The number of rotatable bonds is 4. The Labute approximate surface area is 88.1 Å². The molecule has 1 unspecified atom stereocenters. The molecule has 82 valence electrons. The van der Waals surface area contributed by atoms with Gasteiger partial charge in [-0.2, -0.15) is 0 Å². The average Bonchev–Trinajstić information content (AvgIpc) is 2.13. The van der Waals surface area contributed by atoms with Gasteiger partial charge < -0.3 is 5.11 Å². The summed E-state index contributed by atoms with van der Waals surface area (Å²) in [6.07, 6.45) is 0. The van der Waals surface area contributed by atoms with Crippen LogP contribution in [0.2, 0.25) is 0 Å². The lowest BCUT2D eigenvalue weighted by molar-refractivity contribution is -0.487. The zero-order chi connectivity index (χ0) is 11.4. The maximum Gasteiger partial charge on any atom is 0.223 e. The fourth-order valence-corrected chi connectivity index (χ4v) is 1.44. The second kappa shape index (κ2) is 4.75. The van der Waals surface area contributed by atoms with E-state index in [1.165, 1.54) is 0 Å². The molecule has 0 saturated carbocycles. The number of phenols is 1. The van der Waals surface area contributed by atoms with Crippen LogP contribution in [0.25, 0.3) is 0 Å². The monoisotopic (exact) mass is 210 g/mol. The van der Waals surface area contributed by atoms with Crippen molar-refractivity contribution in [3.8, 4) is 5.75 Å². The highest BCUT2D eigenvalue weighted by atomic mass is 16.6. The molecular formula is C10H14N2O3. The van der Waals surface area contributed by atoms with Crippen LogP contribution in [-0.2, 0) is 0 Å². The summed E-state index contributed by atoms with van der Waals surface area (Å²) in [5.74, 6) is 0.127. The molecular weight excluding hydrogens is 196 g/mol. The SMILES string of the molecule is CN(C)C(C[N+](=O)[O-])c1cccc(O)c1. The highest BCUT2D eigenvalue weighted by molar-refractivity contribution is 5.29. The van der Waals surface area contributed by atoms with Gasteiger partial charge in [0.05, 0.1) is 6.04 Å². The molecule has 0 saturated heterocycles. The maximum absolute atomic E-state index is 10.5. The summed E-state index contributed by atoms with van der Waals surface area (Å²) in [5, 5.41) is 19.8. The third kappa shape index (κ3) is 3.21. The smallest absolute Gasteiger partial charge is 0.223 e. The van der Waals surface area contributed by atoms with Crippen molar-refractivity contribution in [2.75, 3.05) is 20.6 Å². The summed E-state index contributed by atoms with van der Waals surface area (Å²) < 4.78 is 0. The fraction of sp³-hybridized carbons (Fsp3) is 0.400. The molecule has 0 bridgehead atoms. The van der Waals surface area contributed by atoms with Gasteiger partial charge in [0.25, 0.3) is 0 Å². The first-order valence-electron chi connectivity index (χ1n) is 4.58. The quantitative estimate of drug-likeness (QED) is 0.600. The molecule has 0 aliphatic rings. The normalized spacial score (nSPS) is 12.7. The first-order chi connectivity index (χ1) is 7.00. The van der Waals surface area contributed by atoms with E-state index in [-0.39, 0.29) is 23.3 Å². The number of hydrogen-bond donors (Lipinski definition) is 1. The Morgan fingerprint density at radius 1 is 1.53 bits per heavy atom. The van der Waals surface area contributed by atoms with Crippen molar-refractivity contribution in [3.63, 3.8) is 0 Å². The summed E-state index contributed by atoms with van der Waals surface area (Å²) in [6.45, 7) is -0.170. The van der Waals surface area contributed by atoms with Gasteiger partial charge in [-0.25, -0.2) is 0 Å². The molecule has 1 N–H and O–H groups in total. The molecule has 1 rings (SSSR count). The molecule has 5 heteroatoms. The van der Waals surface area contributed by atoms with Gasteiger partial charge in [0, 0.05) is 4.92 Å². The van der Waals surface area contributed by atoms with Gasteiger partial charge in [-0.1, -0.05) is 12.1 Å². The van der Waals surface area contributed by atoms with Crippen molar-refractivity contribution in [3.05, 3.63) is 39.9 Å². The van der Waals surface area contributed by atoms with E-state index < -0.39 is 0 Å². The minimum absolute atomic E-state index is 0.127. The van der Waals surface area contributed by atoms with Crippen molar-refractivity contribution in [2.45, 2.75) is 6.04 Å². The molecule has 0 aliphatic heterocycles. The molecule has 0 aliphatic carbocycles. The third-order valence-electron chi connectivity index (χ3n) is 2.20. The van der Waals surface area contributed by atoms with E-state index in [4.69, 9.17) is 0 Å². The van der Waals surface area contributed by atoms with Crippen molar-refractivity contribution in [1.29, 1.82) is 0 Å². The van der Waals surface area contributed by atoms with E-state index in [0.717, 1.165) is 5.56 Å². The van der Waals surface area contributed by atoms with Gasteiger partial charge in [-0.15, -0.1) is 0 Å². The Bertz CT molecular complexity index is 352. The van der Waals surface area contributed by atoms with E-state index in [1.807, 2.05) is 0 Å². The number of likely N-dealkylation sites (N-methyl/N-ethyl adjacent to an activating group) is 1. The van der Waals surface area contributed by atoms with Crippen LogP contribution in [0.4, 0.5) is 0 Å². The third-order valence-corrected chi connectivity index (χ3v) is 2.20. The van der Waals surface area contributed by atoms with Gasteiger partial charge >= 0.3 is 0 Å². The maximum atomic E-state index is 10.5. The van der Waals surface area contributed by atoms with E-state index in [1.54, 1.807) is 43.3 Å². The van der Waals surface area contributed by atoms with Crippen molar-refractivity contribution in [2.24, 2.45) is 0 Å². The fourth-order valence-electron chi connectivity index (χ4n) is 1.44. The highest BCUT2D eigenvalue weighted by Crippen LogP contribution is 2.21. The minimum atomic E-state index is -0.352. The number of benzene rings is 1. The zero-order valence-corrected chi connectivity index (χ0v) is 8.75. The molecule has 1 aromatic rings. The Morgan fingerprint density at radius 3 is 2.67 bits per heavy atom. The lowest BCUT2D eigenvalue weighted by atomic mass is 10.1. The van der Waals surface area contributed by atoms with Gasteiger partial charge in [-0.05, 0) is 31.8 Å². The highest BCUT2D eigenvalue weighted by Gasteiger charge is 2.20. The van der Waals surface area contributed by atoms with Crippen LogP contribution >= 0.6 is 0 Å². The number of nitrogens with zero attached hydrogens (tertiary/aromatic N) is 2.